The molecule has 1 rings (SSSR count). The van der Waals surface area contributed by atoms with Gasteiger partial charge in [0, 0.05) is 18.1 Å². The fourth-order valence-corrected chi connectivity index (χ4v) is 1.56. The number of hydrogen-bond donors (Lipinski definition) is 4. The largest absolute Gasteiger partial charge is 0.506 e. The van der Waals surface area contributed by atoms with Crippen LogP contribution in [0.5, 0.6) is 17.2 Å². The first kappa shape index (κ1) is 12.4. The monoisotopic (exact) mass is 246 g/mol. The van der Waals surface area contributed by atoms with Crippen LogP contribution >= 0.6 is 11.6 Å². The summed E-state index contributed by atoms with van der Waals surface area (Å²) in [5.74, 6) is -2.21. The molecule has 0 saturated carbocycles. The van der Waals surface area contributed by atoms with Crippen LogP contribution in [0.25, 0.3) is 0 Å². The highest BCUT2D eigenvalue weighted by molar-refractivity contribution is 6.33. The molecule has 88 valence electrons. The number of carboxylic acids is 1. The topological polar surface area (TPSA) is 98.0 Å². The molecule has 0 aromatic heterocycles. The van der Waals surface area contributed by atoms with Crippen molar-refractivity contribution in [3.8, 4) is 17.2 Å². The van der Waals surface area contributed by atoms with E-state index in [1.54, 1.807) is 0 Å². The fraction of sp³-hybridized carbons (Fsp3) is 0.300. The SMILES string of the molecule is O=C(O)CCCc1c(O)c(O)cc(O)c1Cl. The van der Waals surface area contributed by atoms with Crippen LogP contribution in [-0.4, -0.2) is 26.4 Å². The van der Waals surface area contributed by atoms with Gasteiger partial charge in [0.15, 0.2) is 11.5 Å². The number of phenols is 3. The summed E-state index contributed by atoms with van der Waals surface area (Å²) < 4.78 is 0. The summed E-state index contributed by atoms with van der Waals surface area (Å²) in [6.07, 6.45) is 0.344. The summed E-state index contributed by atoms with van der Waals surface area (Å²) in [7, 11) is 0. The summed E-state index contributed by atoms with van der Waals surface area (Å²) in [5, 5.41) is 36.4. The lowest BCUT2D eigenvalue weighted by atomic mass is 10.1. The highest BCUT2D eigenvalue weighted by Crippen LogP contribution is 2.41. The molecule has 0 saturated heterocycles. The van der Waals surface area contributed by atoms with Crippen molar-refractivity contribution >= 4 is 17.6 Å². The third-order valence-corrected chi connectivity index (χ3v) is 2.53. The lowest BCUT2D eigenvalue weighted by Crippen LogP contribution is -1.97. The van der Waals surface area contributed by atoms with E-state index in [1.807, 2.05) is 0 Å². The van der Waals surface area contributed by atoms with Gasteiger partial charge in [0.05, 0.1) is 5.02 Å². The van der Waals surface area contributed by atoms with Gasteiger partial charge in [0.25, 0.3) is 0 Å². The zero-order chi connectivity index (χ0) is 12.3. The predicted octanol–water partition coefficient (Wildman–Crippen LogP) is 1.86. The van der Waals surface area contributed by atoms with Gasteiger partial charge in [-0.2, -0.15) is 0 Å². The molecular formula is C10H11ClO5. The first-order valence-corrected chi connectivity index (χ1v) is 4.95. The van der Waals surface area contributed by atoms with Crippen molar-refractivity contribution in [2.75, 3.05) is 0 Å². The summed E-state index contributed by atoms with van der Waals surface area (Å²) in [6.45, 7) is 0. The van der Waals surface area contributed by atoms with Crippen LogP contribution in [0.2, 0.25) is 5.02 Å². The lowest BCUT2D eigenvalue weighted by molar-refractivity contribution is -0.137. The van der Waals surface area contributed by atoms with Crippen LogP contribution in [0.1, 0.15) is 18.4 Å². The van der Waals surface area contributed by atoms with Crippen molar-refractivity contribution in [2.24, 2.45) is 0 Å². The summed E-state index contributed by atoms with van der Waals surface area (Å²) in [6, 6.07) is 0.929. The molecule has 0 aliphatic rings. The van der Waals surface area contributed by atoms with E-state index in [1.165, 1.54) is 0 Å². The van der Waals surface area contributed by atoms with E-state index < -0.39 is 17.5 Å². The Morgan fingerprint density at radius 1 is 1.25 bits per heavy atom. The maximum atomic E-state index is 10.3. The Hall–Kier alpha value is -1.62. The van der Waals surface area contributed by atoms with E-state index in [2.05, 4.69) is 0 Å². The molecule has 1 aromatic rings. The number of hydrogen-bond acceptors (Lipinski definition) is 4. The Morgan fingerprint density at radius 3 is 2.44 bits per heavy atom. The van der Waals surface area contributed by atoms with E-state index in [-0.39, 0.29) is 35.6 Å². The van der Waals surface area contributed by atoms with Crippen molar-refractivity contribution in [3.05, 3.63) is 16.7 Å². The Kier molecular flexibility index (Phi) is 3.84. The summed E-state index contributed by atoms with van der Waals surface area (Å²) in [5.41, 5.74) is 0.153. The Morgan fingerprint density at radius 2 is 1.88 bits per heavy atom. The lowest BCUT2D eigenvalue weighted by Gasteiger charge is -2.09. The van der Waals surface area contributed by atoms with Crippen LogP contribution in [0.4, 0.5) is 0 Å². The molecule has 6 heteroatoms. The minimum Gasteiger partial charge on any atom is -0.506 e. The Balaban J connectivity index is 2.90. The van der Waals surface area contributed by atoms with Gasteiger partial charge in [-0.05, 0) is 12.8 Å². The predicted molar refractivity (Wildman–Crippen MR) is 57.0 cm³/mol. The first-order chi connectivity index (χ1) is 7.43. The van der Waals surface area contributed by atoms with Crippen LogP contribution < -0.4 is 0 Å². The standard InChI is InChI=1S/C10H11ClO5/c11-9-5(2-1-3-8(14)15)10(16)7(13)4-6(9)12/h4,12-13,16H,1-3H2,(H,14,15). The maximum absolute atomic E-state index is 10.3. The van der Waals surface area contributed by atoms with Gasteiger partial charge < -0.3 is 20.4 Å². The zero-order valence-electron chi connectivity index (χ0n) is 8.27. The smallest absolute Gasteiger partial charge is 0.303 e. The van der Waals surface area contributed by atoms with Crippen LogP contribution in [-0.2, 0) is 11.2 Å². The van der Waals surface area contributed by atoms with Crippen molar-refractivity contribution < 1.29 is 25.2 Å². The molecule has 5 nitrogen and oxygen atoms in total. The number of benzene rings is 1. The summed E-state index contributed by atoms with van der Waals surface area (Å²) in [4.78, 5) is 10.3. The molecule has 0 bridgehead atoms. The molecule has 0 radical (unpaired) electrons. The zero-order valence-corrected chi connectivity index (χ0v) is 9.03. The quantitative estimate of drug-likeness (QED) is 0.480. The molecule has 1 aromatic carbocycles. The number of phenolic OH excluding ortho intramolecular Hbond substituents is 3. The van der Waals surface area contributed by atoms with Crippen LogP contribution in [0, 0.1) is 0 Å². The second-order valence-electron chi connectivity index (χ2n) is 3.30. The Bertz CT molecular complexity index is 390. The third-order valence-electron chi connectivity index (χ3n) is 2.11. The fourth-order valence-electron chi connectivity index (χ4n) is 1.32. The van der Waals surface area contributed by atoms with Gasteiger partial charge >= 0.3 is 5.97 Å². The Labute approximate surface area is 96.5 Å². The van der Waals surface area contributed by atoms with Crippen molar-refractivity contribution in [2.45, 2.75) is 19.3 Å². The van der Waals surface area contributed by atoms with Gasteiger partial charge in [-0.1, -0.05) is 11.6 Å². The number of halogens is 1. The number of carbonyl (C=O) groups is 1. The number of carboxylic acid groups (broad SMARTS) is 1. The van der Waals surface area contributed by atoms with Gasteiger partial charge in [0.2, 0.25) is 0 Å². The molecule has 0 aliphatic carbocycles. The van der Waals surface area contributed by atoms with Crippen molar-refractivity contribution in [3.63, 3.8) is 0 Å². The molecule has 0 atom stereocenters. The highest BCUT2D eigenvalue weighted by Gasteiger charge is 2.15. The summed E-state index contributed by atoms with van der Waals surface area (Å²) >= 11 is 5.72. The van der Waals surface area contributed by atoms with Crippen LogP contribution in [0.15, 0.2) is 6.07 Å². The van der Waals surface area contributed by atoms with E-state index in [9.17, 15) is 20.1 Å². The van der Waals surface area contributed by atoms with Gasteiger partial charge in [-0.25, -0.2) is 0 Å². The highest BCUT2D eigenvalue weighted by atomic mass is 35.5. The van der Waals surface area contributed by atoms with Crippen LogP contribution in [0.3, 0.4) is 0 Å². The first-order valence-electron chi connectivity index (χ1n) is 4.57. The molecule has 0 spiro atoms. The van der Waals surface area contributed by atoms with E-state index in [0.29, 0.717) is 0 Å². The average Bonchev–Trinajstić information content (AvgIpc) is 2.20. The van der Waals surface area contributed by atoms with Crippen molar-refractivity contribution in [1.82, 2.24) is 0 Å². The number of rotatable bonds is 4. The molecule has 0 amide bonds. The van der Waals surface area contributed by atoms with E-state index >= 15 is 0 Å². The second kappa shape index (κ2) is 4.94. The number of aromatic hydroxyl groups is 3. The van der Waals surface area contributed by atoms with Crippen molar-refractivity contribution in [1.29, 1.82) is 0 Å². The number of aliphatic carboxylic acids is 1. The van der Waals surface area contributed by atoms with Gasteiger partial charge in [-0.15, -0.1) is 0 Å². The molecule has 16 heavy (non-hydrogen) atoms. The van der Waals surface area contributed by atoms with E-state index in [4.69, 9.17) is 16.7 Å². The molecule has 0 aliphatic heterocycles. The molecule has 0 unspecified atom stereocenters. The molecule has 4 N–H and O–H groups in total. The van der Waals surface area contributed by atoms with E-state index in [0.717, 1.165) is 6.07 Å². The molecule has 0 fully saturated rings. The van der Waals surface area contributed by atoms with Gasteiger partial charge in [0.1, 0.15) is 5.75 Å². The van der Waals surface area contributed by atoms with Gasteiger partial charge in [-0.3, -0.25) is 4.79 Å². The molecular weight excluding hydrogens is 236 g/mol. The normalized spacial score (nSPS) is 10.3. The minimum atomic E-state index is -0.958. The average molecular weight is 247 g/mol. The maximum Gasteiger partial charge on any atom is 0.303 e. The minimum absolute atomic E-state index is 0.0688. The molecule has 0 heterocycles. The third kappa shape index (κ3) is 2.70. The second-order valence-corrected chi connectivity index (χ2v) is 3.68.